The summed E-state index contributed by atoms with van der Waals surface area (Å²) >= 11 is 9.50. The van der Waals surface area contributed by atoms with E-state index in [1.807, 2.05) is 18.2 Å². The highest BCUT2D eigenvalue weighted by Crippen LogP contribution is 2.22. The molecule has 2 amide bonds. The summed E-state index contributed by atoms with van der Waals surface area (Å²) in [5.74, 6) is -0.414. The Hall–Kier alpha value is -3.09. The van der Waals surface area contributed by atoms with Gasteiger partial charge in [0, 0.05) is 15.7 Å². The van der Waals surface area contributed by atoms with E-state index in [0.29, 0.717) is 22.0 Å². The van der Waals surface area contributed by atoms with E-state index >= 15 is 0 Å². The number of nitrogens with one attached hydrogen (secondary N) is 2. The number of halogens is 2. The SMILES string of the molecule is COc1ccccc1C=C(NC(=O)c1ccccc1Cl)C(=O)Nc1cccc(Br)c1. The summed E-state index contributed by atoms with van der Waals surface area (Å²) in [6, 6.07) is 21.0. The first kappa shape index (κ1) is 21.6. The number of benzene rings is 3. The summed E-state index contributed by atoms with van der Waals surface area (Å²) in [6.07, 6.45) is 1.56. The molecule has 0 aliphatic rings. The van der Waals surface area contributed by atoms with Gasteiger partial charge in [-0.1, -0.05) is 63.9 Å². The Morgan fingerprint density at radius 1 is 1.00 bits per heavy atom. The lowest BCUT2D eigenvalue weighted by Gasteiger charge is -2.13. The van der Waals surface area contributed by atoms with Gasteiger partial charge in [-0.15, -0.1) is 0 Å². The Kier molecular flexibility index (Phi) is 7.27. The normalized spacial score (nSPS) is 11.0. The van der Waals surface area contributed by atoms with Gasteiger partial charge in [-0.2, -0.15) is 0 Å². The minimum Gasteiger partial charge on any atom is -0.496 e. The minimum absolute atomic E-state index is 0.0457. The van der Waals surface area contributed by atoms with Gasteiger partial charge in [0.1, 0.15) is 11.4 Å². The average Bonchev–Trinajstić information content (AvgIpc) is 2.74. The van der Waals surface area contributed by atoms with Crippen LogP contribution < -0.4 is 15.4 Å². The number of methoxy groups -OCH3 is 1. The van der Waals surface area contributed by atoms with Crippen LogP contribution in [0.25, 0.3) is 6.08 Å². The Morgan fingerprint density at radius 2 is 1.73 bits per heavy atom. The Bertz CT molecular complexity index is 1110. The molecule has 152 valence electrons. The van der Waals surface area contributed by atoms with Crippen molar-refractivity contribution in [3.63, 3.8) is 0 Å². The number of hydrogen-bond donors (Lipinski definition) is 2. The van der Waals surface area contributed by atoms with Gasteiger partial charge in [0.15, 0.2) is 0 Å². The van der Waals surface area contributed by atoms with Crippen LogP contribution in [0.3, 0.4) is 0 Å². The molecule has 2 N–H and O–H groups in total. The largest absolute Gasteiger partial charge is 0.496 e. The fourth-order valence-corrected chi connectivity index (χ4v) is 3.32. The van der Waals surface area contributed by atoms with E-state index in [1.165, 1.54) is 7.11 Å². The van der Waals surface area contributed by atoms with Gasteiger partial charge in [0.25, 0.3) is 11.8 Å². The van der Waals surface area contributed by atoms with Crippen LogP contribution in [0.5, 0.6) is 5.75 Å². The third-order valence-corrected chi connectivity index (χ3v) is 4.96. The van der Waals surface area contributed by atoms with Crippen molar-refractivity contribution in [3.05, 3.63) is 99.1 Å². The van der Waals surface area contributed by atoms with E-state index in [2.05, 4.69) is 26.6 Å². The maximum absolute atomic E-state index is 13.0. The van der Waals surface area contributed by atoms with Crippen molar-refractivity contribution in [3.8, 4) is 5.75 Å². The van der Waals surface area contributed by atoms with Crippen LogP contribution in [0.4, 0.5) is 5.69 Å². The first-order valence-corrected chi connectivity index (χ1v) is 10.1. The van der Waals surface area contributed by atoms with Crippen LogP contribution >= 0.6 is 27.5 Å². The van der Waals surface area contributed by atoms with Crippen molar-refractivity contribution < 1.29 is 14.3 Å². The molecule has 3 aromatic carbocycles. The Balaban J connectivity index is 1.95. The number of carbonyl (C=O) groups is 2. The standard InChI is InChI=1S/C23H18BrClN2O3/c1-30-21-12-5-2-7-15(21)13-20(23(29)26-17-9-6-8-16(24)14-17)27-22(28)18-10-3-4-11-19(18)25/h2-14H,1H3,(H,26,29)(H,27,28). The highest BCUT2D eigenvalue weighted by Gasteiger charge is 2.17. The lowest BCUT2D eigenvalue weighted by molar-refractivity contribution is -0.113. The second-order valence-corrected chi connectivity index (χ2v) is 7.52. The predicted octanol–water partition coefficient (Wildman–Crippen LogP) is 5.52. The summed E-state index contributed by atoms with van der Waals surface area (Å²) in [6.45, 7) is 0. The molecule has 0 spiro atoms. The van der Waals surface area contributed by atoms with Crippen molar-refractivity contribution in [2.45, 2.75) is 0 Å². The molecule has 3 rings (SSSR count). The molecular weight excluding hydrogens is 468 g/mol. The van der Waals surface area contributed by atoms with Crippen molar-refractivity contribution in [1.29, 1.82) is 0 Å². The van der Waals surface area contributed by atoms with Crippen molar-refractivity contribution in [2.75, 3.05) is 12.4 Å². The van der Waals surface area contributed by atoms with Crippen LogP contribution in [0.2, 0.25) is 5.02 Å². The quantitative estimate of drug-likeness (QED) is 0.452. The third kappa shape index (κ3) is 5.49. The van der Waals surface area contributed by atoms with E-state index in [1.54, 1.807) is 60.7 Å². The molecule has 0 heterocycles. The van der Waals surface area contributed by atoms with Crippen LogP contribution in [0, 0.1) is 0 Å². The lowest BCUT2D eigenvalue weighted by Crippen LogP contribution is -2.31. The average molecular weight is 486 g/mol. The zero-order chi connectivity index (χ0) is 21.5. The molecule has 0 unspecified atom stereocenters. The Morgan fingerprint density at radius 3 is 2.47 bits per heavy atom. The fraction of sp³-hybridized carbons (Fsp3) is 0.0435. The molecular formula is C23H18BrClN2O3. The van der Waals surface area contributed by atoms with Crippen molar-refractivity contribution >= 4 is 51.1 Å². The van der Waals surface area contributed by atoms with Gasteiger partial charge < -0.3 is 15.4 Å². The van der Waals surface area contributed by atoms with Gasteiger partial charge in [0.05, 0.1) is 17.7 Å². The van der Waals surface area contributed by atoms with E-state index < -0.39 is 11.8 Å². The maximum Gasteiger partial charge on any atom is 0.272 e. The number of ether oxygens (including phenoxy) is 1. The molecule has 0 aliphatic carbocycles. The molecule has 0 aromatic heterocycles. The smallest absolute Gasteiger partial charge is 0.272 e. The van der Waals surface area contributed by atoms with Crippen molar-refractivity contribution in [1.82, 2.24) is 5.32 Å². The number of rotatable bonds is 6. The number of carbonyl (C=O) groups excluding carboxylic acids is 2. The first-order chi connectivity index (χ1) is 14.5. The monoisotopic (exact) mass is 484 g/mol. The van der Waals surface area contributed by atoms with Crippen LogP contribution in [-0.2, 0) is 4.79 Å². The van der Waals surface area contributed by atoms with Crippen LogP contribution in [0.15, 0.2) is 83.0 Å². The van der Waals surface area contributed by atoms with E-state index in [0.717, 1.165) is 4.47 Å². The molecule has 0 atom stereocenters. The summed E-state index contributed by atoms with van der Waals surface area (Å²) < 4.78 is 6.17. The summed E-state index contributed by atoms with van der Waals surface area (Å²) in [7, 11) is 1.54. The minimum atomic E-state index is -0.494. The molecule has 0 fully saturated rings. The van der Waals surface area contributed by atoms with E-state index in [4.69, 9.17) is 16.3 Å². The highest BCUT2D eigenvalue weighted by molar-refractivity contribution is 9.10. The molecule has 0 bridgehead atoms. The number of amides is 2. The van der Waals surface area contributed by atoms with Gasteiger partial charge in [-0.25, -0.2) is 0 Å². The zero-order valence-electron chi connectivity index (χ0n) is 16.0. The molecule has 30 heavy (non-hydrogen) atoms. The summed E-state index contributed by atoms with van der Waals surface area (Å²) in [5, 5.41) is 5.74. The second kappa shape index (κ2) is 10.1. The Labute approximate surface area is 187 Å². The first-order valence-electron chi connectivity index (χ1n) is 8.95. The molecule has 3 aromatic rings. The highest BCUT2D eigenvalue weighted by atomic mass is 79.9. The number of para-hydroxylation sites is 1. The summed E-state index contributed by atoms with van der Waals surface area (Å²) in [5.41, 5.74) is 1.52. The van der Waals surface area contributed by atoms with E-state index in [-0.39, 0.29) is 11.3 Å². The molecule has 0 radical (unpaired) electrons. The van der Waals surface area contributed by atoms with Crippen LogP contribution in [0.1, 0.15) is 15.9 Å². The fourth-order valence-electron chi connectivity index (χ4n) is 2.70. The van der Waals surface area contributed by atoms with E-state index in [9.17, 15) is 9.59 Å². The van der Waals surface area contributed by atoms with Gasteiger partial charge in [-0.3, -0.25) is 9.59 Å². The van der Waals surface area contributed by atoms with Gasteiger partial charge in [0.2, 0.25) is 0 Å². The second-order valence-electron chi connectivity index (χ2n) is 6.20. The number of hydrogen-bond acceptors (Lipinski definition) is 3. The summed E-state index contributed by atoms with van der Waals surface area (Å²) in [4.78, 5) is 25.8. The lowest BCUT2D eigenvalue weighted by atomic mass is 10.1. The molecule has 7 heteroatoms. The third-order valence-electron chi connectivity index (χ3n) is 4.13. The van der Waals surface area contributed by atoms with Crippen molar-refractivity contribution in [2.24, 2.45) is 0 Å². The van der Waals surface area contributed by atoms with Gasteiger partial charge >= 0.3 is 0 Å². The predicted molar refractivity (Wildman–Crippen MR) is 123 cm³/mol. The molecule has 0 aliphatic heterocycles. The molecule has 0 saturated heterocycles. The molecule has 5 nitrogen and oxygen atoms in total. The zero-order valence-corrected chi connectivity index (χ0v) is 18.3. The number of anilines is 1. The topological polar surface area (TPSA) is 67.4 Å². The van der Waals surface area contributed by atoms with Crippen LogP contribution in [-0.4, -0.2) is 18.9 Å². The van der Waals surface area contributed by atoms with Gasteiger partial charge in [-0.05, 0) is 42.5 Å². The molecule has 0 saturated carbocycles. The maximum atomic E-state index is 13.0.